The van der Waals surface area contributed by atoms with Crippen LogP contribution >= 0.6 is 0 Å². The molecule has 0 amide bonds. The molecule has 0 aliphatic heterocycles. The van der Waals surface area contributed by atoms with E-state index in [2.05, 4.69) is 4.89 Å². The summed E-state index contributed by atoms with van der Waals surface area (Å²) in [6.07, 6.45) is 0.640. The fraction of sp³-hybridized carbons (Fsp3) is 0.222. The molecular weight excluding hydrogens is 296 g/mol. The molecule has 1 N–H and O–H groups in total. The van der Waals surface area contributed by atoms with Crippen molar-refractivity contribution in [2.24, 2.45) is 5.92 Å². The maximum absolute atomic E-state index is 11.9. The van der Waals surface area contributed by atoms with Crippen molar-refractivity contribution in [3.05, 3.63) is 71.8 Å². The summed E-state index contributed by atoms with van der Waals surface area (Å²) >= 11 is 0. The molecule has 0 saturated heterocycles. The molecule has 2 aromatic rings. The van der Waals surface area contributed by atoms with Crippen molar-refractivity contribution in [2.45, 2.75) is 12.8 Å². The van der Waals surface area contributed by atoms with Crippen LogP contribution in [-0.2, 0) is 32.2 Å². The molecule has 0 aromatic heterocycles. The molecule has 0 spiro atoms. The van der Waals surface area contributed by atoms with E-state index in [9.17, 15) is 14.7 Å². The molecule has 2 rings (SSSR count). The molecular formula is C18H18O5. The van der Waals surface area contributed by atoms with Gasteiger partial charge in [-0.3, -0.25) is 9.68 Å². The molecule has 1 unspecified atom stereocenters. The Hall–Kier alpha value is -2.66. The molecule has 0 heterocycles. The zero-order valence-electron chi connectivity index (χ0n) is 12.6. The Morgan fingerprint density at radius 3 is 2.04 bits per heavy atom. The monoisotopic (exact) mass is 314 g/mol. The van der Waals surface area contributed by atoms with E-state index in [4.69, 9.17) is 4.89 Å². The van der Waals surface area contributed by atoms with Gasteiger partial charge in [-0.15, -0.1) is 0 Å². The van der Waals surface area contributed by atoms with Gasteiger partial charge in [0.2, 0.25) is 0 Å². The van der Waals surface area contributed by atoms with Gasteiger partial charge in [-0.05, 0) is 24.0 Å². The third kappa shape index (κ3) is 5.56. The lowest BCUT2D eigenvalue weighted by Crippen LogP contribution is -2.28. The zero-order valence-corrected chi connectivity index (χ0v) is 12.6. The van der Waals surface area contributed by atoms with E-state index in [1.165, 1.54) is 0 Å². The minimum atomic E-state index is -1.28. The van der Waals surface area contributed by atoms with Crippen LogP contribution in [0.4, 0.5) is 0 Å². The molecule has 5 nitrogen and oxygen atoms in total. The Bertz CT molecular complexity index is 624. The summed E-state index contributed by atoms with van der Waals surface area (Å²) in [4.78, 5) is 32.6. The van der Waals surface area contributed by atoms with Gasteiger partial charge in [-0.2, -0.15) is 4.89 Å². The average molecular weight is 314 g/mol. The zero-order chi connectivity index (χ0) is 16.5. The first-order valence-electron chi connectivity index (χ1n) is 7.31. The number of rotatable bonds is 8. The van der Waals surface area contributed by atoms with Crippen LogP contribution in [0.2, 0.25) is 0 Å². The Morgan fingerprint density at radius 2 is 1.48 bits per heavy atom. The number of carbonyl (C=O) groups is 2. The predicted octanol–water partition coefficient (Wildman–Crippen LogP) is 2.65. The van der Waals surface area contributed by atoms with Gasteiger partial charge in [0.1, 0.15) is 0 Å². The van der Waals surface area contributed by atoms with Gasteiger partial charge in [0, 0.05) is 0 Å². The fourth-order valence-corrected chi connectivity index (χ4v) is 2.08. The second-order valence-electron chi connectivity index (χ2n) is 5.04. The second-order valence-corrected chi connectivity index (χ2v) is 5.04. The number of carboxylic acid groups (broad SMARTS) is 1. The second kappa shape index (κ2) is 8.70. The highest BCUT2D eigenvalue weighted by atomic mass is 17.2. The smallest absolute Gasteiger partial charge is 0.356 e. The van der Waals surface area contributed by atoms with Crippen LogP contribution in [0.5, 0.6) is 0 Å². The molecule has 0 saturated carbocycles. The van der Waals surface area contributed by atoms with Crippen LogP contribution in [0.1, 0.15) is 11.1 Å². The lowest BCUT2D eigenvalue weighted by Gasteiger charge is -2.11. The van der Waals surface area contributed by atoms with Crippen molar-refractivity contribution >= 4 is 11.9 Å². The van der Waals surface area contributed by atoms with Crippen molar-refractivity contribution in [2.75, 3.05) is 6.61 Å². The summed E-state index contributed by atoms with van der Waals surface area (Å²) in [5.41, 5.74) is 1.80. The van der Waals surface area contributed by atoms with E-state index >= 15 is 0 Å². The van der Waals surface area contributed by atoms with E-state index in [0.717, 1.165) is 11.1 Å². The number of carbonyl (C=O) groups excluding carboxylic acids is 1. The van der Waals surface area contributed by atoms with Gasteiger partial charge in [-0.1, -0.05) is 60.7 Å². The van der Waals surface area contributed by atoms with E-state index in [1.807, 2.05) is 36.4 Å². The fourth-order valence-electron chi connectivity index (χ4n) is 2.08. The highest BCUT2D eigenvalue weighted by molar-refractivity contribution is 5.93. The molecule has 0 aliphatic rings. The molecule has 120 valence electrons. The maximum atomic E-state index is 11.9. The highest BCUT2D eigenvalue weighted by Gasteiger charge is 2.29. The van der Waals surface area contributed by atoms with Crippen molar-refractivity contribution in [3.63, 3.8) is 0 Å². The van der Waals surface area contributed by atoms with Gasteiger partial charge in [0.25, 0.3) is 0 Å². The molecule has 0 radical (unpaired) electrons. The summed E-state index contributed by atoms with van der Waals surface area (Å²) in [5.74, 6) is -3.41. The van der Waals surface area contributed by atoms with E-state index in [-0.39, 0.29) is 13.0 Å². The molecule has 0 aliphatic carbocycles. The van der Waals surface area contributed by atoms with Crippen molar-refractivity contribution in [1.82, 2.24) is 0 Å². The first-order valence-corrected chi connectivity index (χ1v) is 7.31. The predicted molar refractivity (Wildman–Crippen MR) is 83.5 cm³/mol. The number of hydrogen-bond donors (Lipinski definition) is 1. The van der Waals surface area contributed by atoms with Crippen LogP contribution in [-0.4, -0.2) is 23.7 Å². The minimum Gasteiger partial charge on any atom is -0.481 e. The SMILES string of the molecule is O=C(O)C(Cc1ccccc1)C(=O)OOCCc1ccccc1. The Labute approximate surface area is 134 Å². The summed E-state index contributed by atoms with van der Waals surface area (Å²) in [5, 5.41) is 9.18. The molecule has 0 fully saturated rings. The van der Waals surface area contributed by atoms with Crippen LogP contribution in [0, 0.1) is 5.92 Å². The molecule has 1 atom stereocenters. The highest BCUT2D eigenvalue weighted by Crippen LogP contribution is 2.11. The van der Waals surface area contributed by atoms with E-state index in [1.54, 1.807) is 24.3 Å². The molecule has 23 heavy (non-hydrogen) atoms. The van der Waals surface area contributed by atoms with Gasteiger partial charge in [0.05, 0.1) is 6.61 Å². The summed E-state index contributed by atoms with van der Waals surface area (Å²) < 4.78 is 0. The number of benzene rings is 2. The Morgan fingerprint density at radius 1 is 0.913 bits per heavy atom. The summed E-state index contributed by atoms with van der Waals surface area (Å²) in [7, 11) is 0. The molecule has 5 heteroatoms. The van der Waals surface area contributed by atoms with E-state index in [0.29, 0.717) is 6.42 Å². The van der Waals surface area contributed by atoms with Crippen LogP contribution in [0.3, 0.4) is 0 Å². The van der Waals surface area contributed by atoms with Crippen LogP contribution in [0.25, 0.3) is 0 Å². The van der Waals surface area contributed by atoms with Crippen molar-refractivity contribution in [1.29, 1.82) is 0 Å². The Balaban J connectivity index is 1.80. The minimum absolute atomic E-state index is 0.0665. The average Bonchev–Trinajstić information content (AvgIpc) is 2.58. The quantitative estimate of drug-likeness (QED) is 0.351. The van der Waals surface area contributed by atoms with Crippen molar-refractivity contribution in [3.8, 4) is 0 Å². The largest absolute Gasteiger partial charge is 0.481 e. The van der Waals surface area contributed by atoms with Crippen molar-refractivity contribution < 1.29 is 24.5 Å². The van der Waals surface area contributed by atoms with Gasteiger partial charge in [-0.25, -0.2) is 4.79 Å². The topological polar surface area (TPSA) is 72.8 Å². The third-order valence-electron chi connectivity index (χ3n) is 3.32. The first-order chi connectivity index (χ1) is 11.2. The van der Waals surface area contributed by atoms with Gasteiger partial charge >= 0.3 is 11.9 Å². The van der Waals surface area contributed by atoms with Crippen LogP contribution in [0.15, 0.2) is 60.7 Å². The number of carboxylic acids is 1. The third-order valence-corrected chi connectivity index (χ3v) is 3.32. The normalized spacial score (nSPS) is 11.7. The van der Waals surface area contributed by atoms with E-state index < -0.39 is 17.9 Å². The molecule has 2 aromatic carbocycles. The number of hydrogen-bond acceptors (Lipinski definition) is 4. The maximum Gasteiger partial charge on any atom is 0.356 e. The molecule has 0 bridgehead atoms. The van der Waals surface area contributed by atoms with Crippen LogP contribution < -0.4 is 0 Å². The summed E-state index contributed by atoms with van der Waals surface area (Å²) in [6.45, 7) is 0.174. The lowest BCUT2D eigenvalue weighted by molar-refractivity contribution is -0.275. The standard InChI is InChI=1S/C18H18O5/c19-17(20)16(13-15-9-5-2-6-10-15)18(21)23-22-12-11-14-7-3-1-4-8-14/h1-10,16H,11-13H2,(H,19,20). The first kappa shape index (κ1) is 16.7. The van der Waals surface area contributed by atoms with Gasteiger partial charge in [0.15, 0.2) is 5.92 Å². The Kier molecular flexibility index (Phi) is 6.32. The summed E-state index contributed by atoms with van der Waals surface area (Å²) in [6, 6.07) is 18.5. The van der Waals surface area contributed by atoms with Gasteiger partial charge < -0.3 is 5.11 Å². The number of aliphatic carboxylic acids is 1. The lowest BCUT2D eigenvalue weighted by atomic mass is 10.00.